The van der Waals surface area contributed by atoms with Gasteiger partial charge in [0.05, 0.1) is 5.41 Å². The smallest absolute Gasteiger partial charge is 0.325 e. The molecule has 1 aliphatic carbocycles. The van der Waals surface area contributed by atoms with Crippen molar-refractivity contribution in [1.82, 2.24) is 5.32 Å². The molecule has 2 aromatic carbocycles. The van der Waals surface area contributed by atoms with E-state index >= 15 is 0 Å². The Hall–Kier alpha value is -3.72. The van der Waals surface area contributed by atoms with Gasteiger partial charge in [0, 0.05) is 16.7 Å². The number of ketones is 2. The van der Waals surface area contributed by atoms with Crippen LogP contribution in [0.4, 0.5) is 0 Å². The molecule has 0 aromatic heterocycles. The van der Waals surface area contributed by atoms with E-state index in [1.807, 2.05) is 30.3 Å². The zero-order valence-electron chi connectivity index (χ0n) is 19.4. The molecule has 0 spiro atoms. The molecular formula is C27H27NO5. The topological polar surface area (TPSA) is 89.5 Å². The van der Waals surface area contributed by atoms with E-state index < -0.39 is 46.9 Å². The molecule has 1 aliphatic rings. The first-order valence-electron chi connectivity index (χ1n) is 10.7. The minimum absolute atomic E-state index is 0.308. The van der Waals surface area contributed by atoms with Crippen molar-refractivity contribution in [3.63, 3.8) is 0 Å². The molecule has 1 amide bonds. The van der Waals surface area contributed by atoms with Crippen LogP contribution in [0.15, 0.2) is 48.5 Å². The maximum Gasteiger partial charge on any atom is 0.325 e. The molecule has 0 saturated carbocycles. The predicted molar refractivity (Wildman–Crippen MR) is 124 cm³/mol. The standard InChI is InChI=1S/C27H27NO5/c1-26(2,3)33-21(29)16-28-25(32)22-23(30)19-14-13-18(12-11-17-9-7-6-8-10-17)15-20(19)27(4,5)24(22)31/h6-10,13-15,22H,16H2,1-5H3,(H,28,32). The summed E-state index contributed by atoms with van der Waals surface area (Å²) in [6, 6.07) is 14.5. The Balaban J connectivity index is 1.84. The average molecular weight is 446 g/mol. The molecule has 0 bridgehead atoms. The third-order valence-corrected chi connectivity index (χ3v) is 5.31. The third-order valence-electron chi connectivity index (χ3n) is 5.31. The average Bonchev–Trinajstić information content (AvgIpc) is 2.75. The lowest BCUT2D eigenvalue weighted by Gasteiger charge is -2.34. The zero-order chi connectivity index (χ0) is 24.4. The van der Waals surface area contributed by atoms with Gasteiger partial charge < -0.3 is 10.1 Å². The molecule has 33 heavy (non-hydrogen) atoms. The van der Waals surface area contributed by atoms with E-state index in [4.69, 9.17) is 4.74 Å². The molecule has 2 aromatic rings. The summed E-state index contributed by atoms with van der Waals surface area (Å²) in [4.78, 5) is 50.9. The van der Waals surface area contributed by atoms with E-state index in [2.05, 4.69) is 17.2 Å². The largest absolute Gasteiger partial charge is 0.459 e. The third kappa shape index (κ3) is 5.38. The maximum atomic E-state index is 13.2. The summed E-state index contributed by atoms with van der Waals surface area (Å²) in [5.74, 6) is 2.05. The van der Waals surface area contributed by atoms with Crippen LogP contribution in [0.2, 0.25) is 0 Å². The molecule has 0 radical (unpaired) electrons. The van der Waals surface area contributed by atoms with Crippen LogP contribution in [0.1, 0.15) is 61.7 Å². The lowest BCUT2D eigenvalue weighted by Crippen LogP contribution is -2.51. The molecule has 3 rings (SSSR count). The number of carbonyl (C=O) groups excluding carboxylic acids is 4. The fraction of sp³-hybridized carbons (Fsp3) is 0.333. The quantitative estimate of drug-likeness (QED) is 0.445. The minimum Gasteiger partial charge on any atom is -0.459 e. The maximum absolute atomic E-state index is 13.2. The van der Waals surface area contributed by atoms with Gasteiger partial charge in [-0.3, -0.25) is 19.2 Å². The number of amides is 1. The van der Waals surface area contributed by atoms with Gasteiger partial charge in [-0.05, 0) is 70.5 Å². The van der Waals surface area contributed by atoms with Gasteiger partial charge in [-0.1, -0.05) is 30.0 Å². The summed E-state index contributed by atoms with van der Waals surface area (Å²) >= 11 is 0. The van der Waals surface area contributed by atoms with Crippen molar-refractivity contribution < 1.29 is 23.9 Å². The Morgan fingerprint density at radius 1 is 1.00 bits per heavy atom. The molecule has 0 aliphatic heterocycles. The van der Waals surface area contributed by atoms with Crippen molar-refractivity contribution in [3.8, 4) is 11.8 Å². The second-order valence-electron chi connectivity index (χ2n) is 9.47. The van der Waals surface area contributed by atoms with Crippen LogP contribution in [0, 0.1) is 17.8 Å². The van der Waals surface area contributed by atoms with Gasteiger partial charge in [-0.2, -0.15) is 0 Å². The van der Waals surface area contributed by atoms with Crippen LogP contribution in [-0.2, 0) is 24.5 Å². The molecule has 0 fully saturated rings. The highest BCUT2D eigenvalue weighted by atomic mass is 16.6. The zero-order valence-corrected chi connectivity index (χ0v) is 19.4. The molecule has 6 heteroatoms. The Morgan fingerprint density at radius 2 is 1.64 bits per heavy atom. The van der Waals surface area contributed by atoms with E-state index in [9.17, 15) is 19.2 Å². The number of benzene rings is 2. The Bertz CT molecular complexity index is 1180. The molecule has 1 unspecified atom stereocenters. The number of carbonyl (C=O) groups is 4. The second kappa shape index (κ2) is 9.03. The lowest BCUT2D eigenvalue weighted by molar-refractivity contribution is -0.155. The van der Waals surface area contributed by atoms with E-state index in [1.54, 1.807) is 52.8 Å². The SMILES string of the molecule is CC(C)(C)OC(=O)CNC(=O)C1C(=O)c2ccc(C#Cc3ccccc3)cc2C(C)(C)C1=O. The van der Waals surface area contributed by atoms with E-state index in [0.717, 1.165) is 5.56 Å². The molecule has 0 saturated heterocycles. The summed E-state index contributed by atoms with van der Waals surface area (Å²) in [6.07, 6.45) is 0. The van der Waals surface area contributed by atoms with Gasteiger partial charge in [0.25, 0.3) is 0 Å². The molecule has 1 N–H and O–H groups in total. The van der Waals surface area contributed by atoms with E-state index in [-0.39, 0.29) is 0 Å². The van der Waals surface area contributed by atoms with Gasteiger partial charge in [0.1, 0.15) is 12.1 Å². The summed E-state index contributed by atoms with van der Waals surface area (Å²) in [6.45, 7) is 8.07. The van der Waals surface area contributed by atoms with Crippen molar-refractivity contribution in [2.24, 2.45) is 5.92 Å². The summed E-state index contributed by atoms with van der Waals surface area (Å²) in [7, 11) is 0. The molecule has 0 heterocycles. The predicted octanol–water partition coefficient (Wildman–Crippen LogP) is 3.20. The summed E-state index contributed by atoms with van der Waals surface area (Å²) in [5.41, 5.74) is 0.570. The van der Waals surface area contributed by atoms with Crippen LogP contribution < -0.4 is 5.32 Å². The van der Waals surface area contributed by atoms with Gasteiger partial charge in [-0.15, -0.1) is 0 Å². The lowest BCUT2D eigenvalue weighted by atomic mass is 9.66. The number of rotatable bonds is 3. The van der Waals surface area contributed by atoms with Crippen molar-refractivity contribution in [2.75, 3.05) is 6.54 Å². The van der Waals surface area contributed by atoms with E-state index in [1.165, 1.54) is 0 Å². The van der Waals surface area contributed by atoms with Gasteiger partial charge in [0.15, 0.2) is 17.5 Å². The number of ether oxygens (including phenoxy) is 1. The summed E-state index contributed by atoms with van der Waals surface area (Å²) in [5, 5.41) is 2.38. The number of nitrogens with one attached hydrogen (secondary N) is 1. The molecule has 170 valence electrons. The number of Topliss-reactive ketones (excluding diaryl/α,β-unsaturated/α-hetero) is 2. The number of fused-ring (bicyclic) bond motifs is 1. The number of esters is 1. The number of hydrogen-bond acceptors (Lipinski definition) is 5. The monoisotopic (exact) mass is 445 g/mol. The van der Waals surface area contributed by atoms with Crippen molar-refractivity contribution in [2.45, 2.75) is 45.6 Å². The van der Waals surface area contributed by atoms with Gasteiger partial charge in [-0.25, -0.2) is 0 Å². The minimum atomic E-state index is -1.52. The first-order valence-corrected chi connectivity index (χ1v) is 10.7. The van der Waals surface area contributed by atoms with Crippen LogP contribution in [0.25, 0.3) is 0 Å². The molecule has 1 atom stereocenters. The number of hydrogen-bond donors (Lipinski definition) is 1. The fourth-order valence-electron chi connectivity index (χ4n) is 3.66. The van der Waals surface area contributed by atoms with Crippen LogP contribution in [-0.4, -0.2) is 35.6 Å². The summed E-state index contributed by atoms with van der Waals surface area (Å²) < 4.78 is 5.16. The van der Waals surface area contributed by atoms with Crippen LogP contribution in [0.5, 0.6) is 0 Å². The van der Waals surface area contributed by atoms with Gasteiger partial charge in [0.2, 0.25) is 5.91 Å². The molecule has 6 nitrogen and oxygen atoms in total. The Kier molecular flexibility index (Phi) is 6.55. The van der Waals surface area contributed by atoms with Crippen molar-refractivity contribution in [3.05, 3.63) is 70.8 Å². The first kappa shape index (κ1) is 23.9. The van der Waals surface area contributed by atoms with Crippen molar-refractivity contribution in [1.29, 1.82) is 0 Å². The Labute approximate surface area is 193 Å². The highest BCUT2D eigenvalue weighted by Crippen LogP contribution is 2.37. The Morgan fingerprint density at radius 3 is 2.27 bits per heavy atom. The normalized spacial score (nSPS) is 16.8. The highest BCUT2D eigenvalue weighted by molar-refractivity contribution is 6.29. The fourth-order valence-corrected chi connectivity index (χ4v) is 3.66. The van der Waals surface area contributed by atoms with Crippen LogP contribution in [0.3, 0.4) is 0 Å². The first-order chi connectivity index (χ1) is 15.4. The second-order valence-corrected chi connectivity index (χ2v) is 9.47. The van der Waals surface area contributed by atoms with E-state index in [0.29, 0.717) is 16.7 Å². The molecular weight excluding hydrogens is 418 g/mol. The van der Waals surface area contributed by atoms with Gasteiger partial charge >= 0.3 is 5.97 Å². The van der Waals surface area contributed by atoms with Crippen molar-refractivity contribution >= 4 is 23.4 Å². The van der Waals surface area contributed by atoms with Crippen LogP contribution >= 0.6 is 0 Å². The highest BCUT2D eigenvalue weighted by Gasteiger charge is 2.49.